The zero-order valence-electron chi connectivity index (χ0n) is 12.9. The Morgan fingerprint density at radius 1 is 1.27 bits per heavy atom. The van der Waals surface area contributed by atoms with Crippen molar-refractivity contribution in [2.45, 2.75) is 32.1 Å². The molecule has 2 aliphatic heterocycles. The number of aliphatic hydroxyl groups excluding tert-OH is 1. The first-order valence-corrected chi connectivity index (χ1v) is 8.12. The zero-order valence-corrected chi connectivity index (χ0v) is 12.9. The SMILES string of the molecule is O=C1CCC2(CCCN(c3cnccn3)C2)CN1CCCO. The van der Waals surface area contributed by atoms with Crippen LogP contribution in [0, 0.1) is 5.41 Å². The van der Waals surface area contributed by atoms with Crippen molar-refractivity contribution in [1.82, 2.24) is 14.9 Å². The number of carbonyl (C=O) groups is 1. The summed E-state index contributed by atoms with van der Waals surface area (Å²) in [6.45, 7) is 3.56. The molecule has 0 radical (unpaired) electrons. The van der Waals surface area contributed by atoms with Gasteiger partial charge in [-0.15, -0.1) is 0 Å². The number of amides is 1. The van der Waals surface area contributed by atoms with Gasteiger partial charge in [0.2, 0.25) is 5.91 Å². The Labute approximate surface area is 131 Å². The first-order chi connectivity index (χ1) is 10.7. The van der Waals surface area contributed by atoms with Gasteiger partial charge in [0.1, 0.15) is 5.82 Å². The summed E-state index contributed by atoms with van der Waals surface area (Å²) in [4.78, 5) is 24.9. The number of carbonyl (C=O) groups excluding carboxylic acids is 1. The molecule has 120 valence electrons. The summed E-state index contributed by atoms with van der Waals surface area (Å²) >= 11 is 0. The zero-order chi connectivity index (χ0) is 15.4. The number of piperidine rings is 2. The lowest BCUT2D eigenvalue weighted by atomic mass is 9.73. The largest absolute Gasteiger partial charge is 0.396 e. The Bertz CT molecular complexity index is 510. The Kier molecular flexibility index (Phi) is 4.57. The van der Waals surface area contributed by atoms with E-state index >= 15 is 0 Å². The van der Waals surface area contributed by atoms with E-state index in [1.807, 2.05) is 11.1 Å². The lowest BCUT2D eigenvalue weighted by molar-refractivity contribution is -0.138. The molecule has 6 heteroatoms. The normalized spacial score (nSPS) is 25.8. The molecule has 0 saturated carbocycles. The van der Waals surface area contributed by atoms with Crippen LogP contribution < -0.4 is 4.90 Å². The van der Waals surface area contributed by atoms with Gasteiger partial charge < -0.3 is 14.9 Å². The fourth-order valence-electron chi connectivity index (χ4n) is 3.76. The number of hydrogen-bond donors (Lipinski definition) is 1. The van der Waals surface area contributed by atoms with E-state index in [-0.39, 0.29) is 17.9 Å². The number of aromatic nitrogens is 2. The van der Waals surface area contributed by atoms with E-state index in [1.54, 1.807) is 12.4 Å². The molecular formula is C16H24N4O2. The summed E-state index contributed by atoms with van der Waals surface area (Å²) in [6, 6.07) is 0. The molecule has 2 aliphatic rings. The van der Waals surface area contributed by atoms with Crippen molar-refractivity contribution in [3.63, 3.8) is 0 Å². The van der Waals surface area contributed by atoms with Crippen molar-refractivity contribution in [2.75, 3.05) is 37.7 Å². The number of likely N-dealkylation sites (tertiary alicyclic amines) is 1. The molecule has 0 aromatic carbocycles. The van der Waals surface area contributed by atoms with Crippen molar-refractivity contribution in [3.8, 4) is 0 Å². The van der Waals surface area contributed by atoms with Crippen molar-refractivity contribution in [3.05, 3.63) is 18.6 Å². The van der Waals surface area contributed by atoms with Gasteiger partial charge in [-0.2, -0.15) is 0 Å². The van der Waals surface area contributed by atoms with Crippen LogP contribution >= 0.6 is 0 Å². The van der Waals surface area contributed by atoms with Crippen LogP contribution in [0.1, 0.15) is 32.1 Å². The number of aliphatic hydroxyl groups is 1. The number of rotatable bonds is 4. The second kappa shape index (κ2) is 6.60. The molecule has 3 heterocycles. The molecule has 1 N–H and O–H groups in total. The molecule has 3 rings (SSSR count). The maximum Gasteiger partial charge on any atom is 0.222 e. The van der Waals surface area contributed by atoms with Gasteiger partial charge in [0, 0.05) is 57.0 Å². The first kappa shape index (κ1) is 15.2. The van der Waals surface area contributed by atoms with Gasteiger partial charge in [-0.3, -0.25) is 9.78 Å². The van der Waals surface area contributed by atoms with Crippen LogP contribution in [0.3, 0.4) is 0 Å². The number of anilines is 1. The second-order valence-electron chi connectivity index (χ2n) is 6.48. The Morgan fingerprint density at radius 2 is 2.18 bits per heavy atom. The summed E-state index contributed by atoms with van der Waals surface area (Å²) in [7, 11) is 0. The molecule has 0 aliphatic carbocycles. The Hall–Kier alpha value is -1.69. The van der Waals surface area contributed by atoms with Gasteiger partial charge in [0.05, 0.1) is 6.20 Å². The van der Waals surface area contributed by atoms with Crippen LogP contribution in [0.4, 0.5) is 5.82 Å². The second-order valence-corrected chi connectivity index (χ2v) is 6.48. The average molecular weight is 304 g/mol. The number of hydrogen-bond acceptors (Lipinski definition) is 5. The van der Waals surface area contributed by atoms with Crippen molar-refractivity contribution in [2.24, 2.45) is 5.41 Å². The molecule has 1 atom stereocenters. The highest BCUT2D eigenvalue weighted by Gasteiger charge is 2.41. The molecule has 1 aromatic heterocycles. The van der Waals surface area contributed by atoms with Gasteiger partial charge in [-0.25, -0.2) is 4.98 Å². The van der Waals surface area contributed by atoms with Gasteiger partial charge in [0.15, 0.2) is 0 Å². The smallest absolute Gasteiger partial charge is 0.222 e. The lowest BCUT2D eigenvalue weighted by Crippen LogP contribution is -2.54. The maximum atomic E-state index is 12.1. The fraction of sp³-hybridized carbons (Fsp3) is 0.688. The molecule has 6 nitrogen and oxygen atoms in total. The molecule has 2 saturated heterocycles. The minimum absolute atomic E-state index is 0.141. The average Bonchev–Trinajstić information content (AvgIpc) is 2.57. The van der Waals surface area contributed by atoms with E-state index in [0.717, 1.165) is 44.7 Å². The third-order valence-electron chi connectivity index (χ3n) is 4.87. The van der Waals surface area contributed by atoms with Crippen molar-refractivity contribution < 1.29 is 9.90 Å². The molecule has 1 aromatic rings. The highest BCUT2D eigenvalue weighted by Crippen LogP contribution is 2.39. The molecule has 2 fully saturated rings. The highest BCUT2D eigenvalue weighted by atomic mass is 16.3. The van der Waals surface area contributed by atoms with Crippen LogP contribution in [-0.4, -0.2) is 58.7 Å². The maximum absolute atomic E-state index is 12.1. The monoisotopic (exact) mass is 304 g/mol. The van der Waals surface area contributed by atoms with Crippen LogP contribution in [0.2, 0.25) is 0 Å². The van der Waals surface area contributed by atoms with Crippen LogP contribution in [0.25, 0.3) is 0 Å². The minimum Gasteiger partial charge on any atom is -0.396 e. The van der Waals surface area contributed by atoms with Crippen LogP contribution in [0.15, 0.2) is 18.6 Å². The third kappa shape index (κ3) is 3.21. The molecule has 1 amide bonds. The standard InChI is InChI=1S/C16H24N4O2/c21-10-2-9-20-13-16(5-3-15(20)22)4-1-8-19(12-16)14-11-17-6-7-18-14/h6-7,11,21H,1-5,8-10,12-13H2. The predicted molar refractivity (Wildman–Crippen MR) is 83.4 cm³/mol. The molecule has 1 spiro atoms. The van der Waals surface area contributed by atoms with Crippen LogP contribution in [0.5, 0.6) is 0 Å². The Balaban J connectivity index is 1.71. The van der Waals surface area contributed by atoms with Crippen molar-refractivity contribution >= 4 is 11.7 Å². The van der Waals surface area contributed by atoms with Crippen molar-refractivity contribution in [1.29, 1.82) is 0 Å². The van der Waals surface area contributed by atoms with Gasteiger partial charge in [-0.1, -0.05) is 0 Å². The topological polar surface area (TPSA) is 69.6 Å². The lowest BCUT2D eigenvalue weighted by Gasteiger charge is -2.48. The highest BCUT2D eigenvalue weighted by molar-refractivity contribution is 5.77. The van der Waals surface area contributed by atoms with E-state index in [0.29, 0.717) is 19.4 Å². The molecule has 1 unspecified atom stereocenters. The van der Waals surface area contributed by atoms with Gasteiger partial charge >= 0.3 is 0 Å². The van der Waals surface area contributed by atoms with E-state index in [9.17, 15) is 4.79 Å². The van der Waals surface area contributed by atoms with E-state index in [2.05, 4.69) is 14.9 Å². The van der Waals surface area contributed by atoms with Crippen LogP contribution in [-0.2, 0) is 4.79 Å². The van der Waals surface area contributed by atoms with E-state index < -0.39 is 0 Å². The molecular weight excluding hydrogens is 280 g/mol. The molecule has 22 heavy (non-hydrogen) atoms. The van der Waals surface area contributed by atoms with E-state index in [1.165, 1.54) is 0 Å². The summed E-state index contributed by atoms with van der Waals surface area (Å²) in [6.07, 6.45) is 9.77. The summed E-state index contributed by atoms with van der Waals surface area (Å²) in [5.74, 6) is 1.16. The summed E-state index contributed by atoms with van der Waals surface area (Å²) < 4.78 is 0. The number of nitrogens with zero attached hydrogens (tertiary/aromatic N) is 4. The van der Waals surface area contributed by atoms with Gasteiger partial charge in [0.25, 0.3) is 0 Å². The quantitative estimate of drug-likeness (QED) is 0.901. The molecule has 0 bridgehead atoms. The first-order valence-electron chi connectivity index (χ1n) is 8.12. The van der Waals surface area contributed by atoms with E-state index in [4.69, 9.17) is 5.11 Å². The Morgan fingerprint density at radius 3 is 2.95 bits per heavy atom. The third-order valence-corrected chi connectivity index (χ3v) is 4.87. The predicted octanol–water partition coefficient (Wildman–Crippen LogP) is 1.07. The fourth-order valence-corrected chi connectivity index (χ4v) is 3.76. The summed E-state index contributed by atoms with van der Waals surface area (Å²) in [5, 5.41) is 9.01. The van der Waals surface area contributed by atoms with Gasteiger partial charge in [-0.05, 0) is 25.7 Å². The summed E-state index contributed by atoms with van der Waals surface area (Å²) in [5.41, 5.74) is 0.166. The minimum atomic E-state index is 0.141.